The van der Waals surface area contributed by atoms with E-state index in [0.29, 0.717) is 19.4 Å². The van der Waals surface area contributed by atoms with Gasteiger partial charge in [-0.15, -0.1) is 12.4 Å². The summed E-state index contributed by atoms with van der Waals surface area (Å²) in [5, 5.41) is 3.29. The Hall–Kier alpha value is -1.98. The highest BCUT2D eigenvalue weighted by molar-refractivity contribution is 6.08. The van der Waals surface area contributed by atoms with E-state index >= 15 is 0 Å². The van der Waals surface area contributed by atoms with Gasteiger partial charge in [0.15, 0.2) is 0 Å². The molecule has 1 saturated heterocycles. The highest BCUT2D eigenvalue weighted by atomic mass is 35.5. The molecule has 126 valence electrons. The Morgan fingerprint density at radius 1 is 1.25 bits per heavy atom. The van der Waals surface area contributed by atoms with Crippen molar-refractivity contribution in [3.05, 3.63) is 59.7 Å². The normalized spacial score (nSPS) is 18.4. The smallest absolute Gasteiger partial charge is 0.238 e. The zero-order chi connectivity index (χ0) is 15.9. The number of rotatable bonds is 2. The minimum absolute atomic E-state index is 0. The number of fused-ring (bicyclic) bond motifs is 2. The third kappa shape index (κ3) is 2.58. The fraction of sp³-hybridized carbons (Fsp3) is 0.333. The zero-order valence-electron chi connectivity index (χ0n) is 13.2. The van der Waals surface area contributed by atoms with Crippen molar-refractivity contribution in [3.8, 4) is 0 Å². The first-order valence-corrected chi connectivity index (χ1v) is 7.92. The number of halogens is 2. The van der Waals surface area contributed by atoms with E-state index in [2.05, 4.69) is 10.3 Å². The van der Waals surface area contributed by atoms with Crippen molar-refractivity contribution in [1.29, 1.82) is 0 Å². The summed E-state index contributed by atoms with van der Waals surface area (Å²) in [5.74, 6) is -0.193. The van der Waals surface area contributed by atoms with Crippen LogP contribution in [-0.4, -0.2) is 24.0 Å². The first kappa shape index (κ1) is 16.9. The Bertz CT molecular complexity index is 747. The minimum atomic E-state index is -0.578. The SMILES string of the molecule is Cl.O=C1N(Cc2cccnc2)c2ccc(F)cc2C12CCNCC2. The van der Waals surface area contributed by atoms with Crippen LogP contribution in [0.4, 0.5) is 10.1 Å². The molecule has 0 saturated carbocycles. The molecule has 1 spiro atoms. The molecule has 24 heavy (non-hydrogen) atoms. The maximum Gasteiger partial charge on any atom is 0.238 e. The van der Waals surface area contributed by atoms with Gasteiger partial charge in [-0.2, -0.15) is 0 Å². The van der Waals surface area contributed by atoms with Crippen molar-refractivity contribution in [2.45, 2.75) is 24.8 Å². The van der Waals surface area contributed by atoms with Crippen molar-refractivity contribution in [2.75, 3.05) is 18.0 Å². The topological polar surface area (TPSA) is 45.2 Å². The second-order valence-electron chi connectivity index (χ2n) is 6.25. The lowest BCUT2D eigenvalue weighted by Gasteiger charge is -2.33. The summed E-state index contributed by atoms with van der Waals surface area (Å²) >= 11 is 0. The van der Waals surface area contributed by atoms with Crippen LogP contribution in [-0.2, 0) is 16.8 Å². The van der Waals surface area contributed by atoms with E-state index in [0.717, 1.165) is 29.9 Å². The van der Waals surface area contributed by atoms with E-state index in [1.54, 1.807) is 29.4 Å². The monoisotopic (exact) mass is 347 g/mol. The van der Waals surface area contributed by atoms with Crippen LogP contribution in [0.1, 0.15) is 24.0 Å². The molecule has 0 atom stereocenters. The zero-order valence-corrected chi connectivity index (χ0v) is 14.0. The summed E-state index contributed by atoms with van der Waals surface area (Å²) in [6.45, 7) is 2.03. The first-order chi connectivity index (χ1) is 11.2. The number of aromatic nitrogens is 1. The molecule has 0 unspecified atom stereocenters. The van der Waals surface area contributed by atoms with Gasteiger partial charge in [-0.25, -0.2) is 4.39 Å². The highest BCUT2D eigenvalue weighted by Gasteiger charge is 2.51. The first-order valence-electron chi connectivity index (χ1n) is 7.92. The summed E-state index contributed by atoms with van der Waals surface area (Å²) in [5.41, 5.74) is 2.07. The van der Waals surface area contributed by atoms with Crippen molar-refractivity contribution >= 4 is 24.0 Å². The summed E-state index contributed by atoms with van der Waals surface area (Å²) in [7, 11) is 0. The van der Waals surface area contributed by atoms with Gasteiger partial charge in [-0.05, 0) is 61.3 Å². The number of pyridine rings is 1. The van der Waals surface area contributed by atoms with Crippen LogP contribution in [0.2, 0.25) is 0 Å². The molecule has 4 rings (SSSR count). The largest absolute Gasteiger partial charge is 0.317 e. The van der Waals surface area contributed by atoms with E-state index in [9.17, 15) is 9.18 Å². The maximum absolute atomic E-state index is 13.8. The molecule has 4 nitrogen and oxygen atoms in total. The standard InChI is InChI=1S/C18H18FN3O.ClH/c19-14-3-4-16-15(10-14)18(5-8-20-9-6-18)17(23)22(16)12-13-2-1-7-21-11-13;/h1-4,7,10-11,20H,5-6,8-9,12H2;1H. The molecule has 0 bridgehead atoms. The van der Waals surface area contributed by atoms with Crippen molar-refractivity contribution in [3.63, 3.8) is 0 Å². The molecule has 0 radical (unpaired) electrons. The molecular formula is C18H19ClFN3O. The van der Waals surface area contributed by atoms with Gasteiger partial charge in [-0.3, -0.25) is 9.78 Å². The lowest BCUT2D eigenvalue weighted by molar-refractivity contribution is -0.124. The van der Waals surface area contributed by atoms with Crippen LogP contribution in [0, 0.1) is 5.82 Å². The number of benzene rings is 1. The molecule has 6 heteroatoms. The summed E-state index contributed by atoms with van der Waals surface area (Å²) in [6.07, 6.45) is 4.91. The van der Waals surface area contributed by atoms with E-state index in [1.807, 2.05) is 12.1 Å². The van der Waals surface area contributed by atoms with E-state index in [-0.39, 0.29) is 24.1 Å². The third-order valence-electron chi connectivity index (χ3n) is 4.94. The van der Waals surface area contributed by atoms with Gasteiger partial charge in [-0.1, -0.05) is 6.07 Å². The molecule has 3 heterocycles. The van der Waals surface area contributed by atoms with Gasteiger partial charge in [0.1, 0.15) is 5.82 Å². The summed E-state index contributed by atoms with van der Waals surface area (Å²) in [6, 6.07) is 8.53. The highest BCUT2D eigenvalue weighted by Crippen LogP contribution is 2.47. The van der Waals surface area contributed by atoms with E-state index < -0.39 is 5.41 Å². The Morgan fingerprint density at radius 3 is 2.75 bits per heavy atom. The van der Waals surface area contributed by atoms with Crippen molar-refractivity contribution < 1.29 is 9.18 Å². The van der Waals surface area contributed by atoms with Crippen LogP contribution >= 0.6 is 12.4 Å². The Kier molecular flexibility index (Phi) is 4.56. The van der Waals surface area contributed by atoms with Gasteiger partial charge >= 0.3 is 0 Å². The fourth-order valence-electron chi connectivity index (χ4n) is 3.78. The molecule has 1 aromatic carbocycles. The van der Waals surface area contributed by atoms with Gasteiger partial charge in [0.2, 0.25) is 5.91 Å². The van der Waals surface area contributed by atoms with Gasteiger partial charge < -0.3 is 10.2 Å². The van der Waals surface area contributed by atoms with Crippen LogP contribution < -0.4 is 10.2 Å². The lowest BCUT2D eigenvalue weighted by atomic mass is 9.74. The Balaban J connectivity index is 0.00000169. The number of hydrogen-bond acceptors (Lipinski definition) is 3. The molecule has 1 amide bonds. The van der Waals surface area contributed by atoms with E-state index in [1.165, 1.54) is 6.07 Å². The maximum atomic E-state index is 13.8. The number of amides is 1. The number of nitrogens with zero attached hydrogens (tertiary/aromatic N) is 2. The number of piperidine rings is 1. The van der Waals surface area contributed by atoms with Crippen LogP contribution in [0.15, 0.2) is 42.7 Å². The van der Waals surface area contributed by atoms with Crippen LogP contribution in [0.25, 0.3) is 0 Å². The molecular weight excluding hydrogens is 329 g/mol. The quantitative estimate of drug-likeness (QED) is 0.908. The van der Waals surface area contributed by atoms with Crippen molar-refractivity contribution in [1.82, 2.24) is 10.3 Å². The number of nitrogens with one attached hydrogen (secondary N) is 1. The summed E-state index contributed by atoms with van der Waals surface area (Å²) in [4.78, 5) is 19.1. The van der Waals surface area contributed by atoms with Crippen molar-refractivity contribution in [2.24, 2.45) is 0 Å². The molecule has 0 aliphatic carbocycles. The van der Waals surface area contributed by atoms with Crippen LogP contribution in [0.5, 0.6) is 0 Å². The number of carbonyl (C=O) groups is 1. The Morgan fingerprint density at radius 2 is 2.04 bits per heavy atom. The average molecular weight is 348 g/mol. The third-order valence-corrected chi connectivity index (χ3v) is 4.94. The number of anilines is 1. The molecule has 1 N–H and O–H groups in total. The number of carbonyl (C=O) groups excluding carboxylic acids is 1. The molecule has 2 aliphatic rings. The minimum Gasteiger partial charge on any atom is -0.317 e. The predicted octanol–water partition coefficient (Wildman–Crippen LogP) is 2.81. The lowest BCUT2D eigenvalue weighted by Crippen LogP contribution is -2.47. The fourth-order valence-corrected chi connectivity index (χ4v) is 3.78. The average Bonchev–Trinajstić information content (AvgIpc) is 2.79. The predicted molar refractivity (Wildman–Crippen MR) is 92.9 cm³/mol. The van der Waals surface area contributed by atoms with Gasteiger partial charge in [0.05, 0.1) is 12.0 Å². The Labute approximate surface area is 146 Å². The number of hydrogen-bond donors (Lipinski definition) is 1. The molecule has 1 aromatic heterocycles. The second-order valence-corrected chi connectivity index (χ2v) is 6.25. The van der Waals surface area contributed by atoms with Gasteiger partial charge in [0.25, 0.3) is 0 Å². The molecule has 2 aliphatic heterocycles. The van der Waals surface area contributed by atoms with Crippen LogP contribution in [0.3, 0.4) is 0 Å². The summed E-state index contributed by atoms with van der Waals surface area (Å²) < 4.78 is 13.8. The molecule has 1 fully saturated rings. The van der Waals surface area contributed by atoms with E-state index in [4.69, 9.17) is 0 Å². The van der Waals surface area contributed by atoms with Gasteiger partial charge in [0, 0.05) is 18.1 Å². The second kappa shape index (κ2) is 6.49. The molecule has 2 aromatic rings.